The molecule has 0 fully saturated rings. The van der Waals surface area contributed by atoms with Crippen LogP contribution in [-0.4, -0.2) is 52.3 Å². The number of hydrogen-bond donors (Lipinski definition) is 2. The second kappa shape index (κ2) is 10.3. The van der Waals surface area contributed by atoms with Gasteiger partial charge in [-0.25, -0.2) is 0 Å². The van der Waals surface area contributed by atoms with Crippen LogP contribution in [0.5, 0.6) is 17.2 Å². The highest BCUT2D eigenvalue weighted by Gasteiger charge is 2.19. The number of benzene rings is 2. The number of carbonyl (C=O) groups excluding carboxylic acids is 1. The molecular weight excluding hydrogens is 378 g/mol. The highest BCUT2D eigenvalue weighted by atomic mass is 16.6. The van der Waals surface area contributed by atoms with Gasteiger partial charge < -0.3 is 24.4 Å². The Bertz CT molecular complexity index is 871. The van der Waals surface area contributed by atoms with Gasteiger partial charge in [-0.05, 0) is 29.8 Å². The van der Waals surface area contributed by atoms with Crippen molar-refractivity contribution in [2.75, 3.05) is 46.8 Å². The summed E-state index contributed by atoms with van der Waals surface area (Å²) >= 11 is 0. The number of hydrogen-bond acceptors (Lipinski definition) is 6. The summed E-state index contributed by atoms with van der Waals surface area (Å²) < 4.78 is 15.5. The van der Waals surface area contributed by atoms with E-state index in [0.717, 1.165) is 16.9 Å². The second-order valence-corrected chi connectivity index (χ2v) is 6.51. The molecule has 0 spiro atoms. The van der Waals surface area contributed by atoms with Crippen molar-refractivity contribution in [1.82, 2.24) is 0 Å². The number of anilines is 1. The third-order valence-electron chi connectivity index (χ3n) is 4.43. The van der Waals surface area contributed by atoms with E-state index in [-0.39, 0.29) is 23.8 Å². The predicted octanol–water partition coefficient (Wildman–Crippen LogP) is 1.32. The average Bonchev–Trinajstić information content (AvgIpc) is 2.71. The number of ether oxygens (including phenoxy) is 3. The van der Waals surface area contributed by atoms with Crippen molar-refractivity contribution in [3.05, 3.63) is 52.1 Å². The van der Waals surface area contributed by atoms with E-state index in [9.17, 15) is 14.9 Å². The molecule has 1 amide bonds. The van der Waals surface area contributed by atoms with Gasteiger partial charge >= 0.3 is 0 Å². The van der Waals surface area contributed by atoms with Crippen molar-refractivity contribution in [3.63, 3.8) is 0 Å². The SMILES string of the molecule is COc1ccc(NC(=O)C[NH+](C)CCc2ccc(OC)c(OC)c2)c([N+](=O)[O-])c1. The summed E-state index contributed by atoms with van der Waals surface area (Å²) in [6.07, 6.45) is 0.738. The molecule has 0 saturated carbocycles. The molecule has 29 heavy (non-hydrogen) atoms. The third-order valence-corrected chi connectivity index (χ3v) is 4.43. The van der Waals surface area contributed by atoms with Crippen molar-refractivity contribution in [2.45, 2.75) is 6.42 Å². The topological polar surface area (TPSA) is 104 Å². The van der Waals surface area contributed by atoms with Crippen molar-refractivity contribution in [2.24, 2.45) is 0 Å². The number of amides is 1. The Morgan fingerprint density at radius 3 is 2.41 bits per heavy atom. The van der Waals surface area contributed by atoms with Gasteiger partial charge in [0, 0.05) is 6.42 Å². The van der Waals surface area contributed by atoms with Crippen molar-refractivity contribution < 1.29 is 28.8 Å². The smallest absolute Gasteiger partial charge is 0.296 e. The monoisotopic (exact) mass is 404 g/mol. The van der Waals surface area contributed by atoms with Gasteiger partial charge in [0.15, 0.2) is 18.0 Å². The van der Waals surface area contributed by atoms with Crippen LogP contribution in [0.4, 0.5) is 11.4 Å². The summed E-state index contributed by atoms with van der Waals surface area (Å²) in [5, 5.41) is 13.8. The number of nitro benzene ring substituents is 1. The summed E-state index contributed by atoms with van der Waals surface area (Å²) in [4.78, 5) is 24.0. The fraction of sp³-hybridized carbons (Fsp3) is 0.350. The molecule has 2 aromatic carbocycles. The number of nitrogens with zero attached hydrogens (tertiary/aromatic N) is 1. The highest BCUT2D eigenvalue weighted by molar-refractivity contribution is 5.93. The van der Waals surface area contributed by atoms with Gasteiger partial charge in [0.1, 0.15) is 11.4 Å². The van der Waals surface area contributed by atoms with Crippen molar-refractivity contribution >= 4 is 17.3 Å². The number of nitro groups is 1. The first-order valence-corrected chi connectivity index (χ1v) is 9.02. The predicted molar refractivity (Wildman–Crippen MR) is 108 cm³/mol. The minimum absolute atomic E-state index is 0.147. The molecule has 0 aromatic heterocycles. The van der Waals surface area contributed by atoms with E-state index in [2.05, 4.69) is 5.32 Å². The molecule has 0 aliphatic carbocycles. The lowest BCUT2D eigenvalue weighted by molar-refractivity contribution is -0.870. The summed E-state index contributed by atoms with van der Waals surface area (Å²) in [6, 6.07) is 10.0. The average molecular weight is 404 g/mol. The molecule has 0 saturated heterocycles. The van der Waals surface area contributed by atoms with Gasteiger partial charge in [-0.1, -0.05) is 6.07 Å². The molecule has 2 aromatic rings. The Morgan fingerprint density at radius 1 is 1.07 bits per heavy atom. The summed E-state index contributed by atoms with van der Waals surface area (Å²) in [6.45, 7) is 0.879. The number of quaternary nitrogens is 1. The minimum Gasteiger partial charge on any atom is -0.496 e. The van der Waals surface area contributed by atoms with Crippen LogP contribution in [0.3, 0.4) is 0 Å². The van der Waals surface area contributed by atoms with Crippen molar-refractivity contribution in [1.29, 1.82) is 0 Å². The minimum atomic E-state index is -0.550. The highest BCUT2D eigenvalue weighted by Crippen LogP contribution is 2.29. The Labute approximate surface area is 169 Å². The van der Waals surface area contributed by atoms with E-state index in [1.165, 1.54) is 19.2 Å². The van der Waals surface area contributed by atoms with Gasteiger partial charge in [0.05, 0.1) is 45.9 Å². The molecule has 2 N–H and O–H groups in total. The molecule has 156 valence electrons. The number of methoxy groups -OCH3 is 3. The molecule has 0 radical (unpaired) electrons. The molecule has 0 heterocycles. The van der Waals surface area contributed by atoms with E-state index in [1.54, 1.807) is 20.3 Å². The summed E-state index contributed by atoms with van der Waals surface area (Å²) in [7, 11) is 6.49. The fourth-order valence-electron chi connectivity index (χ4n) is 2.85. The normalized spacial score (nSPS) is 11.4. The van der Waals surface area contributed by atoms with E-state index < -0.39 is 4.92 Å². The van der Waals surface area contributed by atoms with Crippen LogP contribution in [0.1, 0.15) is 5.56 Å². The van der Waals surface area contributed by atoms with Crippen LogP contribution < -0.4 is 24.4 Å². The van der Waals surface area contributed by atoms with Crippen molar-refractivity contribution in [3.8, 4) is 17.2 Å². The molecular formula is C20H26N3O6+. The lowest BCUT2D eigenvalue weighted by Gasteiger charge is -2.15. The molecule has 9 nitrogen and oxygen atoms in total. The van der Waals surface area contributed by atoms with Gasteiger partial charge in [0.2, 0.25) is 0 Å². The van der Waals surface area contributed by atoms with Crippen LogP contribution in [0.2, 0.25) is 0 Å². The summed E-state index contributed by atoms with van der Waals surface area (Å²) in [5.41, 5.74) is 1.00. The Balaban J connectivity index is 1.94. The molecule has 1 atom stereocenters. The van der Waals surface area contributed by atoms with Gasteiger partial charge in [-0.2, -0.15) is 0 Å². The number of carbonyl (C=O) groups is 1. The van der Waals surface area contributed by atoms with Gasteiger partial charge in [0.25, 0.3) is 11.6 Å². The number of likely N-dealkylation sites (N-methyl/N-ethyl adjacent to an activating group) is 1. The maximum atomic E-state index is 12.3. The van der Waals surface area contributed by atoms with E-state index in [0.29, 0.717) is 23.8 Å². The third kappa shape index (κ3) is 6.08. The first kappa shape index (κ1) is 22.0. The molecule has 9 heteroatoms. The van der Waals surface area contributed by atoms with E-state index >= 15 is 0 Å². The number of rotatable bonds is 10. The Hall–Kier alpha value is -3.33. The lowest BCUT2D eigenvalue weighted by Crippen LogP contribution is -3.10. The fourth-order valence-corrected chi connectivity index (χ4v) is 2.85. The molecule has 2 rings (SSSR count). The van der Waals surface area contributed by atoms with Crippen LogP contribution >= 0.6 is 0 Å². The van der Waals surface area contributed by atoms with E-state index in [1.807, 2.05) is 25.2 Å². The van der Waals surface area contributed by atoms with E-state index in [4.69, 9.17) is 14.2 Å². The second-order valence-electron chi connectivity index (χ2n) is 6.51. The Kier molecular flexibility index (Phi) is 7.79. The standard InChI is InChI=1S/C20H25N3O6/c1-22(10-9-14-5-8-18(28-3)19(11-14)29-4)13-20(24)21-16-7-6-15(27-2)12-17(16)23(25)26/h5-8,11-12H,9-10,13H2,1-4H3,(H,21,24)/p+1. The van der Waals surface area contributed by atoms with Crippen LogP contribution in [0, 0.1) is 10.1 Å². The quantitative estimate of drug-likeness (QED) is 0.457. The maximum absolute atomic E-state index is 12.3. The zero-order chi connectivity index (χ0) is 21.4. The van der Waals surface area contributed by atoms with Crippen LogP contribution in [-0.2, 0) is 11.2 Å². The largest absolute Gasteiger partial charge is 0.496 e. The number of nitrogens with one attached hydrogen (secondary N) is 2. The zero-order valence-corrected chi connectivity index (χ0v) is 17.0. The Morgan fingerprint density at radius 2 is 1.79 bits per heavy atom. The lowest BCUT2D eigenvalue weighted by atomic mass is 10.1. The first-order valence-electron chi connectivity index (χ1n) is 9.02. The van der Waals surface area contributed by atoms with Gasteiger partial charge in [-0.3, -0.25) is 14.9 Å². The van der Waals surface area contributed by atoms with Crippen LogP contribution in [0.25, 0.3) is 0 Å². The molecule has 0 aliphatic heterocycles. The summed E-state index contributed by atoms with van der Waals surface area (Å²) in [5.74, 6) is 1.38. The molecule has 0 aliphatic rings. The first-order chi connectivity index (χ1) is 13.9. The van der Waals surface area contributed by atoms with Gasteiger partial charge in [-0.15, -0.1) is 0 Å². The molecule has 0 bridgehead atoms. The molecule has 1 unspecified atom stereocenters. The maximum Gasteiger partial charge on any atom is 0.296 e. The van der Waals surface area contributed by atoms with Crippen LogP contribution in [0.15, 0.2) is 36.4 Å². The zero-order valence-electron chi connectivity index (χ0n) is 17.0.